The normalized spacial score (nSPS) is 15.2. The van der Waals surface area contributed by atoms with E-state index >= 15 is 0 Å². The van der Waals surface area contributed by atoms with Gasteiger partial charge < -0.3 is 9.84 Å². The number of imidazole rings is 1. The molecule has 0 saturated carbocycles. The highest BCUT2D eigenvalue weighted by Gasteiger charge is 2.13. The van der Waals surface area contributed by atoms with Crippen LogP contribution in [0, 0.1) is 5.92 Å². The average Bonchev–Trinajstić information content (AvgIpc) is 2.77. The largest absolute Gasteiger partial charge is 0.393 e. The van der Waals surface area contributed by atoms with Gasteiger partial charge in [-0.25, -0.2) is 4.98 Å². The van der Waals surface area contributed by atoms with Gasteiger partial charge in [0.1, 0.15) is 0 Å². The van der Waals surface area contributed by atoms with Gasteiger partial charge in [-0.15, -0.1) is 11.3 Å². The first-order chi connectivity index (χ1) is 8.19. The summed E-state index contributed by atoms with van der Waals surface area (Å²) >= 11 is 1.61. The van der Waals surface area contributed by atoms with Crippen LogP contribution >= 0.6 is 11.3 Å². The standard InChI is InChI=1S/C12H18N2O2S/c1-9(8-16-2)5-11(15)6-10-7-14-3-4-17-12(14)13-10/h3-4,7,9,11,15H,5-6,8H2,1-2H3. The number of aliphatic hydroxyl groups is 1. The summed E-state index contributed by atoms with van der Waals surface area (Å²) in [7, 11) is 1.69. The zero-order valence-corrected chi connectivity index (χ0v) is 11.0. The van der Waals surface area contributed by atoms with Gasteiger partial charge in [-0.3, -0.25) is 4.40 Å². The maximum Gasteiger partial charge on any atom is 0.193 e. The number of fused-ring (bicyclic) bond motifs is 1. The second-order valence-electron chi connectivity index (χ2n) is 4.48. The van der Waals surface area contributed by atoms with Crippen LogP contribution in [0.2, 0.25) is 0 Å². The summed E-state index contributed by atoms with van der Waals surface area (Å²) < 4.78 is 7.05. The van der Waals surface area contributed by atoms with Gasteiger partial charge in [0.2, 0.25) is 0 Å². The molecule has 0 bridgehead atoms. The van der Waals surface area contributed by atoms with Gasteiger partial charge in [-0.1, -0.05) is 6.92 Å². The van der Waals surface area contributed by atoms with E-state index in [-0.39, 0.29) is 6.10 Å². The number of nitrogens with zero attached hydrogens (tertiary/aromatic N) is 2. The van der Waals surface area contributed by atoms with Crippen LogP contribution in [0.1, 0.15) is 19.0 Å². The molecule has 5 heteroatoms. The number of hydrogen-bond acceptors (Lipinski definition) is 4. The number of rotatable bonds is 6. The molecule has 2 unspecified atom stereocenters. The van der Waals surface area contributed by atoms with Gasteiger partial charge >= 0.3 is 0 Å². The zero-order valence-electron chi connectivity index (χ0n) is 10.2. The van der Waals surface area contributed by atoms with Crippen molar-refractivity contribution in [2.75, 3.05) is 13.7 Å². The average molecular weight is 254 g/mol. The van der Waals surface area contributed by atoms with Crippen LogP contribution in [0.3, 0.4) is 0 Å². The Morgan fingerprint density at radius 1 is 1.59 bits per heavy atom. The molecule has 2 atom stereocenters. The Labute approximate surface area is 105 Å². The molecule has 0 aromatic carbocycles. The summed E-state index contributed by atoms with van der Waals surface area (Å²) in [5, 5.41) is 12.0. The lowest BCUT2D eigenvalue weighted by Crippen LogP contribution is -2.17. The number of aromatic nitrogens is 2. The van der Waals surface area contributed by atoms with E-state index in [4.69, 9.17) is 4.74 Å². The van der Waals surface area contributed by atoms with Crippen LogP contribution in [-0.2, 0) is 11.2 Å². The maximum atomic E-state index is 9.96. The minimum atomic E-state index is -0.343. The lowest BCUT2D eigenvalue weighted by Gasteiger charge is -2.14. The molecule has 0 aliphatic heterocycles. The number of hydrogen-bond donors (Lipinski definition) is 1. The number of aliphatic hydroxyl groups excluding tert-OH is 1. The Morgan fingerprint density at radius 3 is 3.12 bits per heavy atom. The molecule has 0 fully saturated rings. The van der Waals surface area contributed by atoms with Crippen molar-refractivity contribution in [1.29, 1.82) is 0 Å². The Balaban J connectivity index is 1.89. The molecule has 2 heterocycles. The van der Waals surface area contributed by atoms with E-state index in [2.05, 4.69) is 11.9 Å². The van der Waals surface area contributed by atoms with E-state index in [1.165, 1.54) is 0 Å². The fourth-order valence-corrected chi connectivity index (χ4v) is 2.74. The molecule has 0 aliphatic carbocycles. The molecule has 2 rings (SSSR count). The molecule has 2 aromatic heterocycles. The van der Waals surface area contributed by atoms with E-state index in [0.717, 1.165) is 17.1 Å². The van der Waals surface area contributed by atoms with E-state index in [9.17, 15) is 5.11 Å². The van der Waals surface area contributed by atoms with Gasteiger partial charge in [0.05, 0.1) is 11.8 Å². The van der Waals surface area contributed by atoms with Crippen molar-refractivity contribution in [1.82, 2.24) is 9.38 Å². The molecule has 2 aromatic rings. The van der Waals surface area contributed by atoms with Crippen LogP contribution < -0.4 is 0 Å². The third-order valence-electron chi connectivity index (χ3n) is 2.71. The monoisotopic (exact) mass is 254 g/mol. The van der Waals surface area contributed by atoms with E-state index in [1.807, 2.05) is 22.2 Å². The quantitative estimate of drug-likeness (QED) is 0.857. The summed E-state index contributed by atoms with van der Waals surface area (Å²) in [6.07, 6.45) is 4.98. The summed E-state index contributed by atoms with van der Waals surface area (Å²) in [6, 6.07) is 0. The third kappa shape index (κ3) is 3.28. The molecule has 0 aliphatic rings. The Bertz CT molecular complexity index is 437. The molecule has 0 saturated heterocycles. The second kappa shape index (κ2) is 5.62. The van der Waals surface area contributed by atoms with Crippen molar-refractivity contribution in [2.45, 2.75) is 25.9 Å². The highest BCUT2D eigenvalue weighted by atomic mass is 32.1. The van der Waals surface area contributed by atoms with E-state index < -0.39 is 0 Å². The van der Waals surface area contributed by atoms with Crippen molar-refractivity contribution in [3.8, 4) is 0 Å². The van der Waals surface area contributed by atoms with Gasteiger partial charge in [-0.2, -0.15) is 0 Å². The minimum absolute atomic E-state index is 0.343. The van der Waals surface area contributed by atoms with Crippen LogP contribution in [0.15, 0.2) is 17.8 Å². The Morgan fingerprint density at radius 2 is 2.41 bits per heavy atom. The van der Waals surface area contributed by atoms with Gasteiger partial charge in [0, 0.05) is 37.9 Å². The van der Waals surface area contributed by atoms with Crippen LogP contribution in [-0.4, -0.2) is 34.3 Å². The first-order valence-corrected chi connectivity index (χ1v) is 6.65. The number of methoxy groups -OCH3 is 1. The summed E-state index contributed by atoms with van der Waals surface area (Å²) in [4.78, 5) is 5.44. The Hall–Kier alpha value is -0.910. The zero-order chi connectivity index (χ0) is 12.3. The molecule has 94 valence electrons. The number of thiazole rings is 1. The minimum Gasteiger partial charge on any atom is -0.393 e. The topological polar surface area (TPSA) is 46.8 Å². The molecule has 0 amide bonds. The SMILES string of the molecule is COCC(C)CC(O)Cc1cn2ccsc2n1. The molecule has 0 spiro atoms. The van der Waals surface area contributed by atoms with Crippen molar-refractivity contribution in [3.05, 3.63) is 23.5 Å². The fourth-order valence-electron chi connectivity index (χ4n) is 2.02. The molecule has 0 radical (unpaired) electrons. The summed E-state index contributed by atoms with van der Waals surface area (Å²) in [5.74, 6) is 0.374. The smallest absolute Gasteiger partial charge is 0.193 e. The van der Waals surface area contributed by atoms with Crippen molar-refractivity contribution in [3.63, 3.8) is 0 Å². The second-order valence-corrected chi connectivity index (χ2v) is 5.35. The van der Waals surface area contributed by atoms with Gasteiger partial charge in [0.15, 0.2) is 4.96 Å². The predicted octanol–water partition coefficient (Wildman–Crippen LogP) is 1.97. The first kappa shape index (κ1) is 12.5. The van der Waals surface area contributed by atoms with Crippen LogP contribution in [0.4, 0.5) is 0 Å². The highest BCUT2D eigenvalue weighted by molar-refractivity contribution is 7.15. The van der Waals surface area contributed by atoms with E-state index in [1.54, 1.807) is 18.4 Å². The maximum absolute atomic E-state index is 9.96. The summed E-state index contributed by atoms with van der Waals surface area (Å²) in [5.41, 5.74) is 0.953. The van der Waals surface area contributed by atoms with E-state index in [0.29, 0.717) is 18.9 Å². The highest BCUT2D eigenvalue weighted by Crippen LogP contribution is 2.15. The lowest BCUT2D eigenvalue weighted by molar-refractivity contribution is 0.101. The fraction of sp³-hybridized carbons (Fsp3) is 0.583. The van der Waals surface area contributed by atoms with Crippen LogP contribution in [0.5, 0.6) is 0 Å². The van der Waals surface area contributed by atoms with Gasteiger partial charge in [0.25, 0.3) is 0 Å². The van der Waals surface area contributed by atoms with Crippen LogP contribution in [0.25, 0.3) is 4.96 Å². The summed E-state index contributed by atoms with van der Waals surface area (Å²) in [6.45, 7) is 2.77. The van der Waals surface area contributed by atoms with Crippen molar-refractivity contribution in [2.24, 2.45) is 5.92 Å². The molecular formula is C12H18N2O2S. The van der Waals surface area contributed by atoms with Crippen molar-refractivity contribution < 1.29 is 9.84 Å². The molecule has 17 heavy (non-hydrogen) atoms. The molecular weight excluding hydrogens is 236 g/mol. The number of ether oxygens (including phenoxy) is 1. The first-order valence-electron chi connectivity index (χ1n) is 5.77. The Kier molecular flexibility index (Phi) is 4.15. The molecule has 1 N–H and O–H groups in total. The van der Waals surface area contributed by atoms with Crippen molar-refractivity contribution >= 4 is 16.3 Å². The molecule has 4 nitrogen and oxygen atoms in total. The van der Waals surface area contributed by atoms with Gasteiger partial charge in [-0.05, 0) is 12.3 Å². The third-order valence-corrected chi connectivity index (χ3v) is 3.48. The lowest BCUT2D eigenvalue weighted by atomic mass is 10.0. The predicted molar refractivity (Wildman–Crippen MR) is 68.4 cm³/mol.